The summed E-state index contributed by atoms with van der Waals surface area (Å²) in [5.41, 5.74) is 18.5. The number of nitrogens with two attached hydrogens (primary N) is 3. The third kappa shape index (κ3) is 8.67. The van der Waals surface area contributed by atoms with Crippen molar-refractivity contribution in [3.8, 4) is 0 Å². The Morgan fingerprint density at radius 1 is 0.542 bits per heavy atom. The van der Waals surface area contributed by atoms with E-state index in [1.54, 1.807) is 0 Å². The van der Waals surface area contributed by atoms with E-state index in [1.165, 1.54) is 0 Å². The molecule has 0 unspecified atom stereocenters. The Kier molecular flexibility index (Phi) is 9.07. The van der Waals surface area contributed by atoms with Crippen LogP contribution in [0.2, 0.25) is 0 Å². The molecule has 3 nitrogen and oxygen atoms in total. The molecule has 0 spiro atoms. The lowest BCUT2D eigenvalue weighted by atomic mass is 10.3. The maximum Gasteiger partial charge on any atom is 0.0449 e. The Balaban J connectivity index is 0.000000180. The molecule has 126 valence electrons. The summed E-state index contributed by atoms with van der Waals surface area (Å²) in [7, 11) is 0. The van der Waals surface area contributed by atoms with E-state index < -0.39 is 0 Å². The number of rotatable bonds is 0. The van der Waals surface area contributed by atoms with Crippen molar-refractivity contribution in [3.05, 3.63) is 72.8 Å². The largest absolute Gasteiger partial charge is 0.399 e. The fraction of sp³-hybridized carbons (Fsp3) is 0. The molecule has 0 amide bonds. The molecule has 0 aromatic heterocycles. The number of thiol groups is 3. The fourth-order valence-corrected chi connectivity index (χ4v) is 2.03. The molecule has 0 aliphatic carbocycles. The van der Waals surface area contributed by atoms with Gasteiger partial charge in [0.2, 0.25) is 0 Å². The van der Waals surface area contributed by atoms with Crippen molar-refractivity contribution in [2.45, 2.75) is 14.7 Å². The molecule has 0 radical (unpaired) electrons. The molecular formula is C18H21N3S3. The second kappa shape index (κ2) is 10.8. The summed E-state index contributed by atoms with van der Waals surface area (Å²) in [6.45, 7) is 0. The lowest BCUT2D eigenvalue weighted by Crippen LogP contribution is -1.83. The highest BCUT2D eigenvalue weighted by Gasteiger charge is 1.85. The van der Waals surface area contributed by atoms with E-state index in [0.717, 1.165) is 31.7 Å². The van der Waals surface area contributed by atoms with Crippen molar-refractivity contribution in [2.24, 2.45) is 0 Å². The van der Waals surface area contributed by atoms with E-state index in [2.05, 4.69) is 37.9 Å². The highest BCUT2D eigenvalue weighted by Crippen LogP contribution is 2.13. The van der Waals surface area contributed by atoms with Gasteiger partial charge < -0.3 is 17.2 Å². The molecule has 0 atom stereocenters. The molecule has 0 bridgehead atoms. The minimum Gasteiger partial charge on any atom is -0.399 e. The zero-order valence-corrected chi connectivity index (χ0v) is 15.7. The van der Waals surface area contributed by atoms with Gasteiger partial charge in [0.05, 0.1) is 0 Å². The van der Waals surface area contributed by atoms with E-state index in [-0.39, 0.29) is 0 Å². The van der Waals surface area contributed by atoms with Gasteiger partial charge in [0, 0.05) is 31.7 Å². The Morgan fingerprint density at radius 3 is 1.54 bits per heavy atom. The standard InChI is InChI=1S/3C6H7NS/c7-5-1-3-6(8)4-2-5;7-5-2-1-3-6(8)4-5;7-5-3-1-2-4-6(5)8/h3*1-4,8H,7H2. The quantitative estimate of drug-likeness (QED) is 0.255. The minimum atomic E-state index is 0.732. The average molecular weight is 376 g/mol. The Hall–Kier alpha value is -1.89. The van der Waals surface area contributed by atoms with Crippen LogP contribution in [0.25, 0.3) is 0 Å². The fourth-order valence-electron chi connectivity index (χ4n) is 1.49. The van der Waals surface area contributed by atoms with Gasteiger partial charge in [0.25, 0.3) is 0 Å². The summed E-state index contributed by atoms with van der Waals surface area (Å²) in [4.78, 5) is 2.69. The van der Waals surface area contributed by atoms with E-state index >= 15 is 0 Å². The predicted octanol–water partition coefficient (Wildman–Crippen LogP) is 4.67. The maximum absolute atomic E-state index is 5.44. The first-order valence-electron chi connectivity index (χ1n) is 7.01. The normalized spacial score (nSPS) is 9.12. The third-order valence-corrected chi connectivity index (χ3v) is 3.68. The average Bonchev–Trinajstić information content (AvgIpc) is 2.54. The lowest BCUT2D eigenvalue weighted by molar-refractivity contribution is 1.48. The second-order valence-electron chi connectivity index (χ2n) is 4.75. The van der Waals surface area contributed by atoms with Gasteiger partial charge in [-0.05, 0) is 54.6 Å². The van der Waals surface area contributed by atoms with Crippen LogP contribution < -0.4 is 17.2 Å². The molecule has 0 saturated heterocycles. The van der Waals surface area contributed by atoms with Crippen molar-refractivity contribution in [1.29, 1.82) is 0 Å². The van der Waals surface area contributed by atoms with Crippen LogP contribution in [0.4, 0.5) is 17.1 Å². The summed E-state index contributed by atoms with van der Waals surface area (Å²) in [5, 5.41) is 0. The summed E-state index contributed by atoms with van der Waals surface area (Å²) in [6, 6.07) is 22.2. The van der Waals surface area contributed by atoms with Gasteiger partial charge in [-0.2, -0.15) is 0 Å². The van der Waals surface area contributed by atoms with Gasteiger partial charge in [-0.3, -0.25) is 0 Å². The molecule has 0 saturated carbocycles. The highest BCUT2D eigenvalue weighted by atomic mass is 32.1. The van der Waals surface area contributed by atoms with E-state index in [0.29, 0.717) is 0 Å². The van der Waals surface area contributed by atoms with E-state index in [9.17, 15) is 0 Å². The first kappa shape index (κ1) is 20.2. The molecule has 0 aliphatic heterocycles. The first-order valence-corrected chi connectivity index (χ1v) is 8.35. The molecule has 0 aliphatic rings. The first-order chi connectivity index (χ1) is 11.4. The predicted molar refractivity (Wildman–Crippen MR) is 114 cm³/mol. The molecule has 6 heteroatoms. The number of hydrogen-bond acceptors (Lipinski definition) is 6. The zero-order valence-electron chi connectivity index (χ0n) is 13.0. The molecule has 6 N–H and O–H groups in total. The van der Waals surface area contributed by atoms with Crippen LogP contribution in [0.15, 0.2) is 87.5 Å². The zero-order chi connectivity index (χ0) is 17.9. The summed E-state index contributed by atoms with van der Waals surface area (Å²) in [6.07, 6.45) is 0. The topological polar surface area (TPSA) is 78.1 Å². The van der Waals surface area contributed by atoms with Gasteiger partial charge in [-0.1, -0.05) is 18.2 Å². The molecular weight excluding hydrogens is 354 g/mol. The molecule has 0 heterocycles. The number of benzene rings is 3. The molecule has 3 aromatic carbocycles. The van der Waals surface area contributed by atoms with Crippen molar-refractivity contribution in [1.82, 2.24) is 0 Å². The van der Waals surface area contributed by atoms with Gasteiger partial charge in [-0.25, -0.2) is 0 Å². The number of nitrogen functional groups attached to an aromatic ring is 3. The number of anilines is 3. The van der Waals surface area contributed by atoms with E-state index in [4.69, 9.17) is 17.2 Å². The van der Waals surface area contributed by atoms with Crippen molar-refractivity contribution in [2.75, 3.05) is 17.2 Å². The van der Waals surface area contributed by atoms with Crippen LogP contribution in [-0.2, 0) is 0 Å². The van der Waals surface area contributed by atoms with Crippen LogP contribution in [0.1, 0.15) is 0 Å². The van der Waals surface area contributed by atoms with Crippen LogP contribution in [0, 0.1) is 0 Å². The van der Waals surface area contributed by atoms with Crippen LogP contribution in [-0.4, -0.2) is 0 Å². The Bertz CT molecular complexity index is 687. The number of hydrogen-bond donors (Lipinski definition) is 6. The summed E-state index contributed by atoms with van der Waals surface area (Å²) in [5.74, 6) is 0. The Morgan fingerprint density at radius 2 is 1.17 bits per heavy atom. The monoisotopic (exact) mass is 375 g/mol. The Labute approximate surface area is 159 Å². The third-order valence-electron chi connectivity index (χ3n) is 2.70. The van der Waals surface area contributed by atoms with Crippen LogP contribution >= 0.6 is 37.9 Å². The lowest BCUT2D eigenvalue weighted by Gasteiger charge is -1.92. The molecule has 3 rings (SSSR count). The minimum absolute atomic E-state index is 0.732. The van der Waals surface area contributed by atoms with Gasteiger partial charge in [0.1, 0.15) is 0 Å². The van der Waals surface area contributed by atoms with Crippen molar-refractivity contribution >= 4 is 54.9 Å². The van der Waals surface area contributed by atoms with Crippen molar-refractivity contribution < 1.29 is 0 Å². The second-order valence-corrected chi connectivity index (χ2v) is 6.26. The maximum atomic E-state index is 5.44. The van der Waals surface area contributed by atoms with Gasteiger partial charge in [-0.15, -0.1) is 37.9 Å². The van der Waals surface area contributed by atoms with E-state index in [1.807, 2.05) is 72.8 Å². The van der Waals surface area contributed by atoms with Gasteiger partial charge in [0.15, 0.2) is 0 Å². The highest BCUT2D eigenvalue weighted by molar-refractivity contribution is 7.80. The van der Waals surface area contributed by atoms with Crippen molar-refractivity contribution in [3.63, 3.8) is 0 Å². The molecule has 0 fully saturated rings. The smallest absolute Gasteiger partial charge is 0.0449 e. The summed E-state index contributed by atoms with van der Waals surface area (Å²) < 4.78 is 0. The number of para-hydroxylation sites is 1. The molecule has 3 aromatic rings. The summed E-state index contributed by atoms with van der Waals surface area (Å²) >= 11 is 12.2. The SMILES string of the molecule is Nc1ccc(S)cc1.Nc1cccc(S)c1.Nc1ccccc1S. The van der Waals surface area contributed by atoms with Gasteiger partial charge >= 0.3 is 0 Å². The molecule has 24 heavy (non-hydrogen) atoms. The van der Waals surface area contributed by atoms with Crippen LogP contribution in [0.5, 0.6) is 0 Å². The van der Waals surface area contributed by atoms with Crippen LogP contribution in [0.3, 0.4) is 0 Å².